The molecular weight excluding hydrogens is 584 g/mol. The predicted molar refractivity (Wildman–Crippen MR) is 163 cm³/mol. The third-order valence-corrected chi connectivity index (χ3v) is 7.37. The molecule has 4 aromatic rings. The average molecular weight is 616 g/mol. The molecule has 2 N–H and O–H groups in total. The summed E-state index contributed by atoms with van der Waals surface area (Å²) in [5.74, 6) is 1.41. The third kappa shape index (κ3) is 6.61. The van der Waals surface area contributed by atoms with Crippen LogP contribution >= 0.6 is 15.9 Å². The van der Waals surface area contributed by atoms with E-state index in [1.807, 2.05) is 103 Å². The van der Waals surface area contributed by atoms with E-state index in [0.29, 0.717) is 42.5 Å². The first kappa shape index (κ1) is 28.4. The Bertz CT molecular complexity index is 1490. The van der Waals surface area contributed by atoms with Crippen LogP contribution in [0.2, 0.25) is 0 Å². The molecule has 0 fully saturated rings. The number of hydrogen-bond acceptors (Lipinski definition) is 6. The number of para-hydroxylation sites is 1. The van der Waals surface area contributed by atoms with E-state index in [0.717, 1.165) is 21.2 Å². The zero-order valence-electron chi connectivity index (χ0n) is 22.6. The van der Waals surface area contributed by atoms with Crippen molar-refractivity contribution in [2.24, 2.45) is 4.99 Å². The normalized spacial score (nSPS) is 17.8. The number of anilines is 1. The van der Waals surface area contributed by atoms with Gasteiger partial charge in [0.2, 0.25) is 5.90 Å². The lowest BCUT2D eigenvalue weighted by Gasteiger charge is -2.31. The molecule has 0 aliphatic carbocycles. The van der Waals surface area contributed by atoms with Crippen molar-refractivity contribution in [3.63, 3.8) is 0 Å². The van der Waals surface area contributed by atoms with Crippen molar-refractivity contribution < 1.29 is 24.1 Å². The van der Waals surface area contributed by atoms with Crippen molar-refractivity contribution >= 4 is 33.4 Å². The SMILES string of the molecule is COc1cccc([C@H]2OC(c3ccc(OCCCO)cc3)=N[C@@]2(Cc2ccc(Br)cc2)C(=O)Nc2ccccc2)c1. The van der Waals surface area contributed by atoms with E-state index in [-0.39, 0.29) is 12.5 Å². The first-order chi connectivity index (χ1) is 20.0. The zero-order chi connectivity index (χ0) is 28.7. The number of nitrogens with zero attached hydrogens (tertiary/aromatic N) is 1. The Hall–Kier alpha value is -4.14. The standard InChI is InChI=1S/C33H31BrN2O5/c1-39-29-10-5-7-25(21-29)30-33(22-23-11-15-26(34)16-12-23,32(38)35-27-8-3-2-4-9-27)36-31(41-30)24-13-17-28(18-14-24)40-20-6-19-37/h2-5,7-18,21,30,37H,6,19-20,22H2,1H3,(H,35,38)/t30-,33-/m1/s1. The number of benzene rings is 4. The number of amides is 1. The van der Waals surface area contributed by atoms with Gasteiger partial charge in [0, 0.05) is 35.2 Å². The van der Waals surface area contributed by atoms with Gasteiger partial charge in [0.15, 0.2) is 11.6 Å². The fourth-order valence-electron chi connectivity index (χ4n) is 4.76. The number of aliphatic imine (C=N–C) groups is 1. The summed E-state index contributed by atoms with van der Waals surface area (Å²) in [5.41, 5.74) is 1.77. The summed E-state index contributed by atoms with van der Waals surface area (Å²) in [6.07, 6.45) is 0.113. The highest BCUT2D eigenvalue weighted by molar-refractivity contribution is 9.10. The first-order valence-corrected chi connectivity index (χ1v) is 14.2. The van der Waals surface area contributed by atoms with Crippen molar-refractivity contribution in [2.75, 3.05) is 25.6 Å². The highest BCUT2D eigenvalue weighted by atomic mass is 79.9. The molecule has 0 aromatic heterocycles. The fourth-order valence-corrected chi connectivity index (χ4v) is 5.03. The van der Waals surface area contributed by atoms with Crippen LogP contribution in [0.5, 0.6) is 11.5 Å². The molecule has 0 spiro atoms. The van der Waals surface area contributed by atoms with Gasteiger partial charge < -0.3 is 24.6 Å². The van der Waals surface area contributed by atoms with Crippen LogP contribution < -0.4 is 14.8 Å². The van der Waals surface area contributed by atoms with Gasteiger partial charge in [0.1, 0.15) is 11.5 Å². The van der Waals surface area contributed by atoms with Gasteiger partial charge in [-0.2, -0.15) is 0 Å². The maximum atomic E-state index is 14.3. The van der Waals surface area contributed by atoms with Crippen molar-refractivity contribution in [1.82, 2.24) is 0 Å². The minimum atomic E-state index is -1.33. The van der Waals surface area contributed by atoms with E-state index < -0.39 is 11.6 Å². The Kier molecular flexibility index (Phi) is 9.01. The van der Waals surface area contributed by atoms with Gasteiger partial charge in [-0.05, 0) is 71.8 Å². The molecule has 8 heteroatoms. The molecule has 0 unspecified atom stereocenters. The van der Waals surface area contributed by atoms with Gasteiger partial charge in [-0.1, -0.05) is 58.4 Å². The van der Waals surface area contributed by atoms with Crippen molar-refractivity contribution in [3.8, 4) is 11.5 Å². The lowest BCUT2D eigenvalue weighted by molar-refractivity contribution is -0.123. The molecule has 0 saturated heterocycles. The van der Waals surface area contributed by atoms with Crippen LogP contribution in [0.1, 0.15) is 29.2 Å². The van der Waals surface area contributed by atoms with Crippen molar-refractivity contribution in [3.05, 3.63) is 124 Å². The Labute approximate surface area is 247 Å². The quantitative estimate of drug-likeness (QED) is 0.192. The van der Waals surface area contributed by atoms with E-state index >= 15 is 0 Å². The highest BCUT2D eigenvalue weighted by Gasteiger charge is 2.53. The van der Waals surface area contributed by atoms with Crippen molar-refractivity contribution in [2.45, 2.75) is 24.5 Å². The molecule has 7 nitrogen and oxygen atoms in total. The number of hydrogen-bond donors (Lipinski definition) is 2. The minimum Gasteiger partial charge on any atom is -0.497 e. The molecule has 1 aliphatic heterocycles. The van der Waals surface area contributed by atoms with Gasteiger partial charge in [0.05, 0.1) is 13.7 Å². The lowest BCUT2D eigenvalue weighted by atomic mass is 9.82. The molecule has 41 heavy (non-hydrogen) atoms. The summed E-state index contributed by atoms with van der Waals surface area (Å²) >= 11 is 3.51. The summed E-state index contributed by atoms with van der Waals surface area (Å²) in [6, 6.07) is 32.2. The molecule has 1 aliphatic rings. The highest BCUT2D eigenvalue weighted by Crippen LogP contribution is 2.44. The predicted octanol–water partition coefficient (Wildman–Crippen LogP) is 6.36. The molecule has 210 valence electrons. The van der Waals surface area contributed by atoms with Gasteiger partial charge in [0.25, 0.3) is 5.91 Å². The van der Waals surface area contributed by atoms with E-state index in [2.05, 4.69) is 21.2 Å². The topological polar surface area (TPSA) is 89.4 Å². The Morgan fingerprint density at radius 1 is 0.976 bits per heavy atom. The minimum absolute atomic E-state index is 0.0693. The second-order valence-corrected chi connectivity index (χ2v) is 10.6. The van der Waals surface area contributed by atoms with E-state index in [9.17, 15) is 4.79 Å². The number of carbonyl (C=O) groups is 1. The number of aliphatic hydroxyl groups is 1. The molecule has 0 bridgehead atoms. The van der Waals surface area contributed by atoms with Gasteiger partial charge >= 0.3 is 0 Å². The molecule has 0 radical (unpaired) electrons. The smallest absolute Gasteiger partial charge is 0.257 e. The first-order valence-electron chi connectivity index (χ1n) is 13.4. The number of ether oxygens (including phenoxy) is 3. The molecule has 2 atom stereocenters. The molecule has 0 saturated carbocycles. The third-order valence-electron chi connectivity index (χ3n) is 6.85. The van der Waals surface area contributed by atoms with Gasteiger partial charge in [-0.15, -0.1) is 0 Å². The van der Waals surface area contributed by atoms with Crippen LogP contribution in [0.3, 0.4) is 0 Å². The zero-order valence-corrected chi connectivity index (χ0v) is 24.2. The average Bonchev–Trinajstić information content (AvgIpc) is 3.40. The number of methoxy groups -OCH3 is 1. The maximum Gasteiger partial charge on any atom is 0.257 e. The number of nitrogens with one attached hydrogen (secondary N) is 1. The number of aliphatic hydroxyl groups excluding tert-OH is 1. The van der Waals surface area contributed by atoms with Crippen LogP contribution in [0.25, 0.3) is 0 Å². The largest absolute Gasteiger partial charge is 0.497 e. The van der Waals surface area contributed by atoms with Crippen LogP contribution in [0.4, 0.5) is 5.69 Å². The summed E-state index contributed by atoms with van der Waals surface area (Å²) < 4.78 is 18.7. The van der Waals surface area contributed by atoms with Crippen LogP contribution in [-0.4, -0.2) is 42.8 Å². The molecule has 1 heterocycles. The lowest BCUT2D eigenvalue weighted by Crippen LogP contribution is -2.46. The Morgan fingerprint density at radius 3 is 2.44 bits per heavy atom. The fraction of sp³-hybridized carbons (Fsp3) is 0.212. The number of rotatable bonds is 11. The summed E-state index contributed by atoms with van der Waals surface area (Å²) in [6.45, 7) is 0.487. The molecular formula is C33H31BrN2O5. The van der Waals surface area contributed by atoms with E-state index in [4.69, 9.17) is 24.3 Å². The molecule has 4 aromatic carbocycles. The second kappa shape index (κ2) is 13.0. The van der Waals surface area contributed by atoms with Crippen molar-refractivity contribution in [1.29, 1.82) is 0 Å². The summed E-state index contributed by atoms with van der Waals surface area (Å²) in [5, 5.41) is 12.1. The van der Waals surface area contributed by atoms with Crippen LogP contribution in [-0.2, 0) is 16.0 Å². The Balaban J connectivity index is 1.59. The monoisotopic (exact) mass is 614 g/mol. The van der Waals surface area contributed by atoms with Gasteiger partial charge in [-0.25, -0.2) is 4.99 Å². The van der Waals surface area contributed by atoms with Crippen LogP contribution in [0.15, 0.2) is 113 Å². The Morgan fingerprint density at radius 2 is 1.73 bits per heavy atom. The molecule has 5 rings (SSSR count). The number of carbonyl (C=O) groups excluding carboxylic acids is 1. The second-order valence-electron chi connectivity index (χ2n) is 9.69. The summed E-state index contributed by atoms with van der Waals surface area (Å²) in [7, 11) is 1.61. The summed E-state index contributed by atoms with van der Waals surface area (Å²) in [4.78, 5) is 19.4. The number of halogens is 1. The van der Waals surface area contributed by atoms with E-state index in [1.54, 1.807) is 7.11 Å². The maximum absolute atomic E-state index is 14.3. The van der Waals surface area contributed by atoms with E-state index in [1.165, 1.54) is 0 Å². The van der Waals surface area contributed by atoms with Gasteiger partial charge in [-0.3, -0.25) is 4.79 Å². The molecule has 1 amide bonds. The van der Waals surface area contributed by atoms with Crippen LogP contribution in [0, 0.1) is 0 Å².